The molecule has 1 aliphatic heterocycles. The molecule has 1 amide bonds. The van der Waals surface area contributed by atoms with Gasteiger partial charge in [-0.2, -0.15) is 0 Å². The molecule has 7 nitrogen and oxygen atoms in total. The van der Waals surface area contributed by atoms with E-state index in [1.54, 1.807) is 4.90 Å². The smallest absolute Gasteiger partial charge is 0.266 e. The normalized spacial score (nSPS) is 16.4. The van der Waals surface area contributed by atoms with Gasteiger partial charge in [0.2, 0.25) is 0 Å². The summed E-state index contributed by atoms with van der Waals surface area (Å²) in [6, 6.07) is 23.1. The molecule has 1 aliphatic rings. The van der Waals surface area contributed by atoms with E-state index >= 15 is 0 Å². The van der Waals surface area contributed by atoms with Crippen molar-refractivity contribution in [3.8, 4) is 0 Å². The highest BCUT2D eigenvalue weighted by Gasteiger charge is 2.30. The van der Waals surface area contributed by atoms with Gasteiger partial charge in [0, 0.05) is 11.1 Å². The van der Waals surface area contributed by atoms with Crippen molar-refractivity contribution < 1.29 is 9.42 Å². The summed E-state index contributed by atoms with van der Waals surface area (Å²) in [5, 5.41) is 7.71. The minimum absolute atomic E-state index is 0.262. The third kappa shape index (κ3) is 3.07. The second-order valence-electron chi connectivity index (χ2n) is 6.82. The number of benzene rings is 3. The Kier molecular flexibility index (Phi) is 4.14. The molecule has 0 bridgehead atoms. The molecular weight excluding hydrogens is 366 g/mol. The quantitative estimate of drug-likeness (QED) is 0.587. The van der Waals surface area contributed by atoms with Gasteiger partial charge >= 0.3 is 0 Å². The van der Waals surface area contributed by atoms with E-state index in [9.17, 15) is 4.79 Å². The molecule has 0 radical (unpaired) electrons. The SMILES string of the molecule is NC1N=C(c2ccccc2)c2ccccc2N(Cc2ccc3nonc3c2)C1=O. The van der Waals surface area contributed by atoms with Crippen LogP contribution in [0.15, 0.2) is 82.4 Å². The molecule has 3 aromatic carbocycles. The highest BCUT2D eigenvalue weighted by Crippen LogP contribution is 2.29. The van der Waals surface area contributed by atoms with Crippen LogP contribution in [0.1, 0.15) is 16.7 Å². The molecule has 0 aliphatic carbocycles. The molecule has 2 N–H and O–H groups in total. The molecule has 7 heteroatoms. The number of benzodiazepines with no additional fused rings is 1. The maximum absolute atomic E-state index is 13.2. The van der Waals surface area contributed by atoms with E-state index < -0.39 is 6.17 Å². The molecule has 0 saturated heterocycles. The predicted octanol–water partition coefficient (Wildman–Crippen LogP) is 2.89. The average molecular weight is 383 g/mol. The number of rotatable bonds is 3. The average Bonchev–Trinajstić information content (AvgIpc) is 3.20. The van der Waals surface area contributed by atoms with Gasteiger partial charge in [0.1, 0.15) is 11.0 Å². The standard InChI is InChI=1S/C22H17N5O2/c23-21-22(28)27(13-14-10-11-17-18(12-14)26-29-25-17)19-9-5-4-8-16(19)20(24-21)15-6-2-1-3-7-15/h1-12,21H,13,23H2. The molecule has 29 heavy (non-hydrogen) atoms. The minimum Gasteiger partial charge on any atom is -0.304 e. The van der Waals surface area contributed by atoms with Crippen LogP contribution in [0.2, 0.25) is 0 Å². The molecule has 1 aromatic heterocycles. The van der Waals surface area contributed by atoms with Crippen LogP contribution in [0, 0.1) is 0 Å². The van der Waals surface area contributed by atoms with Crippen LogP contribution in [0.5, 0.6) is 0 Å². The molecule has 4 aromatic rings. The largest absolute Gasteiger partial charge is 0.304 e. The second-order valence-corrected chi connectivity index (χ2v) is 6.82. The zero-order valence-corrected chi connectivity index (χ0v) is 15.4. The van der Waals surface area contributed by atoms with Crippen molar-refractivity contribution in [2.75, 3.05) is 4.90 Å². The van der Waals surface area contributed by atoms with Crippen molar-refractivity contribution in [1.82, 2.24) is 10.3 Å². The lowest BCUT2D eigenvalue weighted by atomic mass is 10.00. The van der Waals surface area contributed by atoms with Crippen LogP contribution < -0.4 is 10.6 Å². The van der Waals surface area contributed by atoms with E-state index in [1.807, 2.05) is 72.8 Å². The maximum atomic E-state index is 13.2. The molecular formula is C22H17N5O2. The fourth-order valence-corrected chi connectivity index (χ4v) is 3.55. The molecule has 2 heterocycles. The summed E-state index contributed by atoms with van der Waals surface area (Å²) in [6.45, 7) is 0.337. The van der Waals surface area contributed by atoms with Crippen LogP contribution in [0.25, 0.3) is 11.0 Å². The topological polar surface area (TPSA) is 97.6 Å². The number of hydrogen-bond acceptors (Lipinski definition) is 6. The summed E-state index contributed by atoms with van der Waals surface area (Å²) in [4.78, 5) is 19.4. The number of amides is 1. The molecule has 0 saturated carbocycles. The van der Waals surface area contributed by atoms with E-state index in [-0.39, 0.29) is 5.91 Å². The summed E-state index contributed by atoms with van der Waals surface area (Å²) >= 11 is 0. The van der Waals surface area contributed by atoms with Gasteiger partial charge in [-0.25, -0.2) is 4.63 Å². The lowest BCUT2D eigenvalue weighted by molar-refractivity contribution is -0.119. The molecule has 1 unspecified atom stereocenters. The maximum Gasteiger partial charge on any atom is 0.266 e. The Morgan fingerprint density at radius 3 is 2.55 bits per heavy atom. The van der Waals surface area contributed by atoms with Gasteiger partial charge in [0.05, 0.1) is 17.9 Å². The third-order valence-corrected chi connectivity index (χ3v) is 4.94. The number of nitrogens with two attached hydrogens (primary N) is 1. The summed E-state index contributed by atoms with van der Waals surface area (Å²) in [5.41, 5.74) is 11.7. The van der Waals surface area contributed by atoms with Crippen molar-refractivity contribution in [3.63, 3.8) is 0 Å². The van der Waals surface area contributed by atoms with Gasteiger partial charge in [0.15, 0.2) is 6.17 Å². The monoisotopic (exact) mass is 383 g/mol. The van der Waals surface area contributed by atoms with Crippen molar-refractivity contribution in [2.24, 2.45) is 10.7 Å². The second kappa shape index (κ2) is 6.96. The van der Waals surface area contributed by atoms with E-state index in [0.29, 0.717) is 23.3 Å². The van der Waals surface area contributed by atoms with E-state index in [1.165, 1.54) is 0 Å². The van der Waals surface area contributed by atoms with Crippen molar-refractivity contribution in [1.29, 1.82) is 0 Å². The lowest BCUT2D eigenvalue weighted by Crippen LogP contribution is -2.41. The first-order chi connectivity index (χ1) is 14.2. The van der Waals surface area contributed by atoms with Gasteiger partial charge in [0.25, 0.3) is 5.91 Å². The lowest BCUT2D eigenvalue weighted by Gasteiger charge is -2.24. The highest BCUT2D eigenvalue weighted by molar-refractivity contribution is 6.20. The zero-order chi connectivity index (χ0) is 19.8. The zero-order valence-electron chi connectivity index (χ0n) is 15.4. The third-order valence-electron chi connectivity index (χ3n) is 4.94. The number of fused-ring (bicyclic) bond motifs is 2. The van der Waals surface area contributed by atoms with Crippen LogP contribution in [0.4, 0.5) is 5.69 Å². The Morgan fingerprint density at radius 1 is 0.931 bits per heavy atom. The number of carbonyl (C=O) groups is 1. The van der Waals surface area contributed by atoms with Crippen molar-refractivity contribution in [2.45, 2.75) is 12.7 Å². The molecule has 5 rings (SSSR count). The van der Waals surface area contributed by atoms with Gasteiger partial charge in [-0.3, -0.25) is 9.79 Å². The minimum atomic E-state index is -0.991. The number of anilines is 1. The first-order valence-corrected chi connectivity index (χ1v) is 9.21. The van der Waals surface area contributed by atoms with E-state index in [2.05, 4.69) is 15.3 Å². The van der Waals surface area contributed by atoms with E-state index in [0.717, 1.165) is 22.4 Å². The number of aromatic nitrogens is 2. The number of para-hydroxylation sites is 1. The Morgan fingerprint density at radius 2 is 1.69 bits per heavy atom. The van der Waals surface area contributed by atoms with Crippen LogP contribution in [-0.4, -0.2) is 28.1 Å². The molecule has 142 valence electrons. The highest BCUT2D eigenvalue weighted by atomic mass is 16.6. The molecule has 1 atom stereocenters. The fraction of sp³-hybridized carbons (Fsp3) is 0.0909. The van der Waals surface area contributed by atoms with Gasteiger partial charge in [-0.1, -0.05) is 54.6 Å². The number of hydrogen-bond donors (Lipinski definition) is 1. The van der Waals surface area contributed by atoms with Gasteiger partial charge in [-0.05, 0) is 34.1 Å². The van der Waals surface area contributed by atoms with Crippen molar-refractivity contribution >= 4 is 28.3 Å². The number of carbonyl (C=O) groups excluding carboxylic acids is 1. The summed E-state index contributed by atoms with van der Waals surface area (Å²) in [7, 11) is 0. The van der Waals surface area contributed by atoms with Gasteiger partial charge in [-0.15, -0.1) is 0 Å². The first-order valence-electron chi connectivity index (χ1n) is 9.21. The molecule has 0 fully saturated rings. The first kappa shape index (κ1) is 17.3. The molecule has 0 spiro atoms. The Hall–Kier alpha value is -3.84. The Bertz CT molecular complexity index is 1230. The summed E-state index contributed by atoms with van der Waals surface area (Å²) in [5.74, 6) is -0.262. The predicted molar refractivity (Wildman–Crippen MR) is 109 cm³/mol. The Labute approximate surface area is 166 Å². The van der Waals surface area contributed by atoms with Crippen molar-refractivity contribution in [3.05, 3.63) is 89.5 Å². The Balaban J connectivity index is 1.61. The fourth-order valence-electron chi connectivity index (χ4n) is 3.55. The number of nitrogens with zero attached hydrogens (tertiary/aromatic N) is 4. The van der Waals surface area contributed by atoms with E-state index in [4.69, 9.17) is 10.4 Å². The summed E-state index contributed by atoms with van der Waals surface area (Å²) < 4.78 is 4.77. The van der Waals surface area contributed by atoms with Crippen LogP contribution >= 0.6 is 0 Å². The summed E-state index contributed by atoms with van der Waals surface area (Å²) in [6.07, 6.45) is -0.991. The van der Waals surface area contributed by atoms with Crippen LogP contribution in [-0.2, 0) is 11.3 Å². The van der Waals surface area contributed by atoms with Crippen LogP contribution in [0.3, 0.4) is 0 Å². The number of aliphatic imine (C=N–C) groups is 1. The van der Waals surface area contributed by atoms with Gasteiger partial charge < -0.3 is 10.6 Å².